The van der Waals surface area contributed by atoms with Gasteiger partial charge in [0.05, 0.1) is 35.3 Å². The number of hydrogen-bond donors (Lipinski definition) is 1. The number of anilines is 1. The Morgan fingerprint density at radius 1 is 1.12 bits per heavy atom. The number of fused-ring (bicyclic) bond motifs is 2. The number of nitrogens with zero attached hydrogens (tertiary/aromatic N) is 4. The fraction of sp³-hybridized carbons (Fsp3) is 0.467. The van der Waals surface area contributed by atoms with Crippen LogP contribution in [-0.2, 0) is 17.8 Å². The predicted octanol–water partition coefficient (Wildman–Crippen LogP) is 3.71. The molecular weight excluding hydrogens is 529 g/mol. The van der Waals surface area contributed by atoms with E-state index < -0.39 is 23.1 Å². The van der Waals surface area contributed by atoms with Crippen LogP contribution in [0.4, 0.5) is 14.9 Å². The number of amides is 3. The van der Waals surface area contributed by atoms with E-state index in [0.717, 1.165) is 35.5 Å². The van der Waals surface area contributed by atoms with E-state index >= 15 is 4.39 Å². The summed E-state index contributed by atoms with van der Waals surface area (Å²) in [7, 11) is 0. The average Bonchev–Trinajstić information content (AvgIpc) is 3.60. The Morgan fingerprint density at radius 3 is 2.66 bits per heavy atom. The summed E-state index contributed by atoms with van der Waals surface area (Å²) >= 11 is 0. The van der Waals surface area contributed by atoms with Crippen LogP contribution in [0.1, 0.15) is 61.5 Å². The van der Waals surface area contributed by atoms with Gasteiger partial charge in [0.15, 0.2) is 0 Å². The van der Waals surface area contributed by atoms with Gasteiger partial charge in [-0.25, -0.2) is 14.0 Å². The molecule has 10 nitrogen and oxygen atoms in total. The van der Waals surface area contributed by atoms with Crippen molar-refractivity contribution < 1.29 is 18.7 Å². The van der Waals surface area contributed by atoms with Crippen LogP contribution in [0.25, 0.3) is 10.9 Å². The zero-order valence-electron chi connectivity index (χ0n) is 23.3. The highest BCUT2D eigenvalue weighted by Crippen LogP contribution is 2.29. The van der Waals surface area contributed by atoms with Crippen molar-refractivity contribution in [2.24, 2.45) is 0 Å². The molecule has 216 valence electrons. The molecule has 2 aromatic carbocycles. The molecule has 1 aromatic heterocycles. The molecule has 3 aromatic rings. The number of rotatable bonds is 5. The van der Waals surface area contributed by atoms with Crippen molar-refractivity contribution in [3.05, 3.63) is 74.2 Å². The Kier molecular flexibility index (Phi) is 7.14. The van der Waals surface area contributed by atoms with Gasteiger partial charge in [-0.15, -0.1) is 0 Å². The number of piperidine rings is 1. The SMILES string of the molecule is CC(C)n1c(=O)n(C[C@@H]2CCCO2)c(=O)c2cc(NC(=O)N3CCCC(N4Cc5ccccc5C4=O)C3)c(F)cc21. The second-order valence-electron chi connectivity index (χ2n) is 11.4. The summed E-state index contributed by atoms with van der Waals surface area (Å²) in [4.78, 5) is 56.5. The summed E-state index contributed by atoms with van der Waals surface area (Å²) < 4.78 is 23.6. The van der Waals surface area contributed by atoms with Gasteiger partial charge in [-0.3, -0.25) is 18.7 Å². The molecule has 2 saturated heterocycles. The van der Waals surface area contributed by atoms with Gasteiger partial charge in [0.1, 0.15) is 5.82 Å². The molecule has 0 radical (unpaired) electrons. The fourth-order valence-corrected chi connectivity index (χ4v) is 6.31. The summed E-state index contributed by atoms with van der Waals surface area (Å²) in [6, 6.07) is 8.99. The molecule has 3 amide bonds. The van der Waals surface area contributed by atoms with E-state index in [1.165, 1.54) is 10.6 Å². The van der Waals surface area contributed by atoms with Gasteiger partial charge < -0.3 is 19.9 Å². The first-order valence-corrected chi connectivity index (χ1v) is 14.3. The summed E-state index contributed by atoms with van der Waals surface area (Å²) in [6.45, 7) is 5.59. The second-order valence-corrected chi connectivity index (χ2v) is 11.4. The first kappa shape index (κ1) is 27.2. The molecule has 3 aliphatic heterocycles. The van der Waals surface area contributed by atoms with Crippen molar-refractivity contribution in [2.75, 3.05) is 25.0 Å². The number of carbonyl (C=O) groups is 2. The highest BCUT2D eigenvalue weighted by atomic mass is 19.1. The summed E-state index contributed by atoms with van der Waals surface area (Å²) in [5.41, 5.74) is 0.656. The molecule has 11 heteroatoms. The van der Waals surface area contributed by atoms with Crippen LogP contribution in [0.5, 0.6) is 0 Å². The van der Waals surface area contributed by atoms with Gasteiger partial charge in [-0.2, -0.15) is 0 Å². The number of halogens is 1. The molecule has 41 heavy (non-hydrogen) atoms. The third kappa shape index (κ3) is 4.92. The maximum absolute atomic E-state index is 15.4. The quantitative estimate of drug-likeness (QED) is 0.510. The van der Waals surface area contributed by atoms with Crippen LogP contribution in [0, 0.1) is 5.82 Å². The minimum atomic E-state index is -0.741. The highest BCUT2D eigenvalue weighted by Gasteiger charge is 2.36. The monoisotopic (exact) mass is 563 g/mol. The molecule has 0 saturated carbocycles. The lowest BCUT2D eigenvalue weighted by Gasteiger charge is -2.37. The Labute approximate surface area is 236 Å². The van der Waals surface area contributed by atoms with Crippen molar-refractivity contribution in [3.8, 4) is 0 Å². The number of benzene rings is 2. The van der Waals surface area contributed by atoms with Gasteiger partial charge in [-0.05, 0) is 57.2 Å². The summed E-state index contributed by atoms with van der Waals surface area (Å²) in [6.07, 6.45) is 2.85. The lowest BCUT2D eigenvalue weighted by Crippen LogP contribution is -2.51. The van der Waals surface area contributed by atoms with Crippen molar-refractivity contribution >= 4 is 28.5 Å². The van der Waals surface area contributed by atoms with Crippen molar-refractivity contribution in [3.63, 3.8) is 0 Å². The number of hydrogen-bond acceptors (Lipinski definition) is 5. The van der Waals surface area contributed by atoms with E-state index in [-0.39, 0.29) is 47.2 Å². The lowest BCUT2D eigenvalue weighted by atomic mass is 10.0. The zero-order valence-corrected chi connectivity index (χ0v) is 23.3. The van der Waals surface area contributed by atoms with Crippen LogP contribution in [0.15, 0.2) is 46.0 Å². The minimum Gasteiger partial charge on any atom is -0.376 e. The van der Waals surface area contributed by atoms with Crippen LogP contribution >= 0.6 is 0 Å². The van der Waals surface area contributed by atoms with Gasteiger partial charge >= 0.3 is 11.7 Å². The predicted molar refractivity (Wildman–Crippen MR) is 152 cm³/mol. The average molecular weight is 564 g/mol. The third-order valence-electron chi connectivity index (χ3n) is 8.40. The molecule has 6 rings (SSSR count). The molecule has 4 heterocycles. The molecule has 3 aliphatic rings. The molecule has 0 bridgehead atoms. The number of nitrogens with one attached hydrogen (secondary N) is 1. The van der Waals surface area contributed by atoms with Gasteiger partial charge in [0, 0.05) is 43.9 Å². The smallest absolute Gasteiger partial charge is 0.331 e. The molecular formula is C30H34FN5O5. The Balaban J connectivity index is 1.26. The lowest BCUT2D eigenvalue weighted by molar-refractivity contribution is 0.0608. The topological polar surface area (TPSA) is 106 Å². The number of urea groups is 1. The second kappa shape index (κ2) is 10.8. The Bertz CT molecular complexity index is 1640. The Hall–Kier alpha value is -3.99. The van der Waals surface area contributed by atoms with E-state index in [1.807, 2.05) is 29.2 Å². The van der Waals surface area contributed by atoms with E-state index in [1.54, 1.807) is 18.7 Å². The van der Waals surface area contributed by atoms with Crippen LogP contribution in [-0.4, -0.2) is 62.7 Å². The van der Waals surface area contributed by atoms with Gasteiger partial charge in [0.2, 0.25) is 0 Å². The molecule has 1 N–H and O–H groups in total. The van der Waals surface area contributed by atoms with Crippen molar-refractivity contribution in [2.45, 2.75) is 70.8 Å². The fourth-order valence-electron chi connectivity index (χ4n) is 6.31. The zero-order chi connectivity index (χ0) is 28.8. The molecule has 1 unspecified atom stereocenters. The van der Waals surface area contributed by atoms with Crippen LogP contribution in [0.3, 0.4) is 0 Å². The first-order valence-electron chi connectivity index (χ1n) is 14.3. The van der Waals surface area contributed by atoms with Gasteiger partial charge in [0.25, 0.3) is 11.5 Å². The minimum absolute atomic E-state index is 0.0380. The van der Waals surface area contributed by atoms with E-state index in [4.69, 9.17) is 4.74 Å². The molecule has 0 aliphatic carbocycles. The molecule has 0 spiro atoms. The molecule has 2 fully saturated rings. The van der Waals surface area contributed by atoms with Crippen molar-refractivity contribution in [1.82, 2.24) is 18.9 Å². The largest absolute Gasteiger partial charge is 0.376 e. The first-order chi connectivity index (χ1) is 19.7. The van der Waals surface area contributed by atoms with Crippen LogP contribution in [0.2, 0.25) is 0 Å². The maximum atomic E-state index is 15.4. The third-order valence-corrected chi connectivity index (χ3v) is 8.40. The molecule has 2 atom stereocenters. The van der Waals surface area contributed by atoms with Crippen molar-refractivity contribution in [1.29, 1.82) is 0 Å². The number of aromatic nitrogens is 2. The van der Waals surface area contributed by atoms with E-state index in [0.29, 0.717) is 38.2 Å². The van der Waals surface area contributed by atoms with Gasteiger partial charge in [-0.1, -0.05) is 18.2 Å². The standard InChI is InChI=1S/C30H34FN5O5/c1-18(2)36-26-14-24(31)25(13-23(26)28(38)35(30(36)40)17-21-9-6-12-41-21)32-29(39)33-11-5-8-20(16-33)34-15-19-7-3-4-10-22(19)27(34)37/h3-4,7,10,13-14,18,20-21H,5-6,8-9,11-12,15-17H2,1-2H3,(H,32,39)/t20?,21-/m0/s1. The highest BCUT2D eigenvalue weighted by molar-refractivity contribution is 5.98. The number of carbonyl (C=O) groups excluding carboxylic acids is 2. The number of ether oxygens (including phenoxy) is 1. The summed E-state index contributed by atoms with van der Waals surface area (Å²) in [5, 5.41) is 2.79. The van der Waals surface area contributed by atoms with E-state index in [2.05, 4.69) is 5.32 Å². The van der Waals surface area contributed by atoms with E-state index in [9.17, 15) is 19.2 Å². The normalized spacial score (nSPS) is 20.7. The van der Waals surface area contributed by atoms with Crippen LogP contribution < -0.4 is 16.6 Å². The number of likely N-dealkylation sites (tertiary alicyclic amines) is 1. The summed E-state index contributed by atoms with van der Waals surface area (Å²) in [5.74, 6) is -0.779. The Morgan fingerprint density at radius 2 is 1.93 bits per heavy atom. The maximum Gasteiger partial charge on any atom is 0.331 e.